The zero-order chi connectivity index (χ0) is 64.1. The van der Waals surface area contributed by atoms with Crippen LogP contribution in [0.3, 0.4) is 0 Å². The number of carbonyl (C=O) groups is 2. The van der Waals surface area contributed by atoms with E-state index in [1.807, 2.05) is 39.9 Å². The Labute approximate surface area is 518 Å². The minimum absolute atomic E-state index is 0.0405. The number of methoxy groups -OCH3 is 3. The Morgan fingerprint density at radius 3 is 1.78 bits per heavy atom. The maximum absolute atomic E-state index is 16.6. The van der Waals surface area contributed by atoms with Gasteiger partial charge in [0.25, 0.3) is 0 Å². The Morgan fingerprint density at radius 1 is 0.693 bits per heavy atom. The molecule has 1 aromatic heterocycles. The van der Waals surface area contributed by atoms with Crippen molar-refractivity contribution in [3.8, 4) is 28.6 Å². The third kappa shape index (κ3) is 18.7. The first-order valence-electron chi connectivity index (χ1n) is 28.7. The molecule has 1 aliphatic rings. The van der Waals surface area contributed by atoms with Crippen molar-refractivity contribution in [1.29, 1.82) is 0 Å². The van der Waals surface area contributed by atoms with Crippen LogP contribution in [-0.2, 0) is 70.2 Å². The Balaban J connectivity index is 1.38. The molecule has 0 aliphatic carbocycles. The van der Waals surface area contributed by atoms with E-state index in [2.05, 4.69) is 30.4 Å². The van der Waals surface area contributed by atoms with Gasteiger partial charge in [-0.1, -0.05) is 87.5 Å². The highest BCUT2D eigenvalue weighted by Crippen LogP contribution is 2.43. The average Bonchev–Trinajstić information content (AvgIpc) is 1.04. The van der Waals surface area contributed by atoms with E-state index >= 15 is 16.8 Å². The van der Waals surface area contributed by atoms with Crippen molar-refractivity contribution < 1.29 is 63.0 Å². The quantitative estimate of drug-likeness (QED) is 0.0269. The molecule has 0 saturated carbocycles. The molecule has 0 radical (unpaired) electrons. The van der Waals surface area contributed by atoms with Gasteiger partial charge in [-0.15, -0.1) is 10.2 Å². The van der Waals surface area contributed by atoms with Crippen LogP contribution in [0.5, 0.6) is 17.2 Å². The van der Waals surface area contributed by atoms with Gasteiger partial charge in [0.15, 0.2) is 8.32 Å². The number of hydrogen-bond acceptors (Lipinski definition) is 18. The summed E-state index contributed by atoms with van der Waals surface area (Å²) in [6, 6.07) is 31.1. The van der Waals surface area contributed by atoms with Crippen LogP contribution in [0.4, 0.5) is 15.3 Å². The molecule has 2 heterocycles. The number of carbonyl (C=O) groups excluding carboxylic acids is 2. The summed E-state index contributed by atoms with van der Waals surface area (Å²) in [6.07, 6.45) is -1.44. The van der Waals surface area contributed by atoms with Gasteiger partial charge in [-0.3, -0.25) is 0 Å². The van der Waals surface area contributed by atoms with Crippen molar-refractivity contribution in [2.24, 2.45) is 0 Å². The second-order valence-electron chi connectivity index (χ2n) is 23.6. The maximum Gasteiger partial charge on any atom is 0.407 e. The second kappa shape index (κ2) is 29.4. The van der Waals surface area contributed by atoms with E-state index in [0.29, 0.717) is 28.4 Å². The number of sulfonamides is 3. The van der Waals surface area contributed by atoms with Crippen LogP contribution in [0.25, 0.3) is 11.4 Å². The lowest BCUT2D eigenvalue weighted by molar-refractivity contribution is 0.0528. The molecule has 0 bridgehead atoms. The molecule has 2 amide bonds. The largest absolute Gasteiger partial charge is 0.497 e. The van der Waals surface area contributed by atoms with Gasteiger partial charge in [0.2, 0.25) is 35.9 Å². The fourth-order valence-corrected chi connectivity index (χ4v) is 15.3. The van der Waals surface area contributed by atoms with Crippen LogP contribution in [-0.4, -0.2) is 148 Å². The molecule has 5 aromatic carbocycles. The molecule has 1 fully saturated rings. The number of amides is 2. The number of alkyl carbamates (subject to hydrolysis) is 2. The first-order chi connectivity index (χ1) is 41.5. The summed E-state index contributed by atoms with van der Waals surface area (Å²) in [4.78, 5) is 27.3. The number of anilines is 1. The highest BCUT2D eigenvalue weighted by atomic mass is 32.2. The molecule has 1 aliphatic heterocycles. The Morgan fingerprint density at radius 2 is 1.25 bits per heavy atom. The van der Waals surface area contributed by atoms with Crippen molar-refractivity contribution >= 4 is 56.3 Å². The predicted molar refractivity (Wildman–Crippen MR) is 336 cm³/mol. The number of tetrazole rings is 1. The smallest absolute Gasteiger partial charge is 0.407 e. The summed E-state index contributed by atoms with van der Waals surface area (Å²) in [5, 5.41) is 17.6. The summed E-state index contributed by atoms with van der Waals surface area (Å²) in [5.74, 6) is 1.37. The number of piperidine rings is 1. The monoisotopic (exact) mass is 1290 g/mol. The molecule has 1 atom stereocenters. The van der Waals surface area contributed by atoms with Crippen LogP contribution in [0.1, 0.15) is 76.6 Å². The normalized spacial score (nSPS) is 14.1. The van der Waals surface area contributed by atoms with Crippen molar-refractivity contribution in [2.45, 2.75) is 125 Å². The van der Waals surface area contributed by atoms with Crippen LogP contribution in [0.15, 0.2) is 125 Å². The van der Waals surface area contributed by atoms with E-state index in [4.69, 9.17) is 33.2 Å². The van der Waals surface area contributed by atoms with E-state index in [1.54, 1.807) is 130 Å². The van der Waals surface area contributed by atoms with Gasteiger partial charge >= 0.3 is 12.2 Å². The molecule has 4 N–H and O–H groups in total. The number of hydrogen-bond donors (Lipinski definition) is 4. The highest BCUT2D eigenvalue weighted by Gasteiger charge is 2.42. The van der Waals surface area contributed by atoms with Crippen molar-refractivity contribution in [3.63, 3.8) is 0 Å². The molecule has 478 valence electrons. The summed E-state index contributed by atoms with van der Waals surface area (Å²) in [7, 11) is -12.2. The van der Waals surface area contributed by atoms with E-state index in [1.165, 1.54) is 31.1 Å². The number of nitrogens with zero attached hydrogens (tertiary/aromatic N) is 6. The first kappa shape index (κ1) is 68.3. The van der Waals surface area contributed by atoms with Crippen LogP contribution in [0, 0.1) is 0 Å². The zero-order valence-corrected chi connectivity index (χ0v) is 55.2. The molecule has 28 heteroatoms. The van der Waals surface area contributed by atoms with E-state index in [9.17, 15) is 18.0 Å². The molecule has 24 nitrogen and oxygen atoms in total. The van der Waals surface area contributed by atoms with Gasteiger partial charge < -0.3 is 43.6 Å². The van der Waals surface area contributed by atoms with Crippen molar-refractivity contribution in [1.82, 2.24) is 44.6 Å². The van der Waals surface area contributed by atoms with E-state index < -0.39 is 77.3 Å². The lowest BCUT2D eigenvalue weighted by Gasteiger charge is -2.37. The molecule has 88 heavy (non-hydrogen) atoms. The molecule has 7 rings (SSSR count). The van der Waals surface area contributed by atoms with E-state index in [-0.39, 0.29) is 101 Å². The number of rotatable bonds is 28. The van der Waals surface area contributed by atoms with Crippen LogP contribution >= 0.6 is 0 Å². The van der Waals surface area contributed by atoms with Crippen molar-refractivity contribution in [2.75, 3.05) is 65.6 Å². The zero-order valence-electron chi connectivity index (χ0n) is 51.7. The van der Waals surface area contributed by atoms with Crippen LogP contribution < -0.4 is 39.2 Å². The van der Waals surface area contributed by atoms with Gasteiger partial charge in [0.1, 0.15) is 39.2 Å². The fourth-order valence-electron chi connectivity index (χ4n) is 9.15. The summed E-state index contributed by atoms with van der Waals surface area (Å²) in [6.45, 7) is 13.9. The van der Waals surface area contributed by atoms with E-state index in [0.717, 1.165) is 15.4 Å². The molecule has 1 saturated heterocycles. The predicted octanol–water partition coefficient (Wildman–Crippen LogP) is 7.81. The highest BCUT2D eigenvalue weighted by molar-refractivity contribution is 7.92. The Kier molecular flexibility index (Phi) is 22.8. The lowest BCUT2D eigenvalue weighted by atomic mass is 10.1. The molecular formula is C60H82N10O14S3Si. The topological polar surface area (TPSA) is 290 Å². The lowest BCUT2D eigenvalue weighted by Crippen LogP contribution is -2.50. The second-order valence-corrected chi connectivity index (χ2v) is 34.0. The van der Waals surface area contributed by atoms with Crippen LogP contribution in [0.2, 0.25) is 18.1 Å². The van der Waals surface area contributed by atoms with Gasteiger partial charge in [-0.25, -0.2) is 44.3 Å². The third-order valence-electron chi connectivity index (χ3n) is 15.0. The number of aromatic nitrogens is 4. The molecule has 0 spiro atoms. The number of benzene rings is 5. The van der Waals surface area contributed by atoms with Gasteiger partial charge in [0.05, 0.1) is 51.3 Å². The summed E-state index contributed by atoms with van der Waals surface area (Å²) >= 11 is 0. The SMILES string of the molecule is COc1ccc(CN(Cc2ccc(OC)cc2)S(=O)(=O)c2c(S(=O)(=O)NC(CNC(=O)OCc3ccccc3)CO[Si](C)(C)C(C)(C)C)ccc(N3CCC(S(=O)(=O)NCCNC(=O)OC(C)(C)C)CC3)c2-c2nnn(Cc3ccc(OC)cc3)n2)cc1. The number of ether oxygens (including phenoxy) is 5. The number of nitrogens with one attached hydrogen (secondary N) is 4. The molecular weight excluding hydrogens is 1210 g/mol. The summed E-state index contributed by atoms with van der Waals surface area (Å²) < 4.78 is 133. The minimum atomic E-state index is -5.12. The standard InChI is InChI=1S/C60H82N10O14S3Si/c1-59(2,3)84-58(72)61-33-34-63-85(73,74)51-31-35-68(36-32-51)52-29-30-53(86(75,76)66-47(42-83-88(10,11)60(4,5)6)37-62-57(71)82-41-46-15-13-12-14-16-46)55(54(52)56-64-67-70(65-56)40-45-21-27-50(81-9)28-22-45)87(77,78)69(38-43-17-23-48(79-7)24-18-43)39-44-19-25-49(80-8)26-20-44/h12-30,47,51,63,66H,31-42H2,1-11H3,(H,61,72)(H,62,71). The Hall–Kier alpha value is -7.18. The van der Waals surface area contributed by atoms with Gasteiger partial charge in [-0.2, -0.15) is 9.10 Å². The van der Waals surface area contributed by atoms with Gasteiger partial charge in [0, 0.05) is 51.5 Å². The Bertz CT molecular complexity index is 3590. The average molecular weight is 1290 g/mol. The van der Waals surface area contributed by atoms with Crippen molar-refractivity contribution in [3.05, 3.63) is 138 Å². The molecule has 1 unspecified atom stereocenters. The maximum atomic E-state index is 16.6. The first-order valence-corrected chi connectivity index (χ1v) is 36.0. The fraction of sp³-hybridized carbons (Fsp3) is 0.450. The van der Waals surface area contributed by atoms with Gasteiger partial charge in [-0.05, 0) is 128 Å². The summed E-state index contributed by atoms with van der Waals surface area (Å²) in [5.41, 5.74) is 1.67. The minimum Gasteiger partial charge on any atom is -0.497 e. The molecule has 6 aromatic rings. The third-order valence-corrected chi connectivity index (χ3v) is 25.0.